The maximum atomic E-state index is 10.8. The van der Waals surface area contributed by atoms with Crippen molar-refractivity contribution in [3.8, 4) is 11.1 Å². The SMILES string of the molecule is CC/C(=C\C(=O)O)c1ccc(-c2ccccc2C)cc1. The van der Waals surface area contributed by atoms with Crippen LogP contribution < -0.4 is 0 Å². The van der Waals surface area contributed by atoms with Gasteiger partial charge in [-0.3, -0.25) is 0 Å². The molecule has 0 aliphatic rings. The first-order valence-electron chi connectivity index (χ1n) is 6.71. The predicted molar refractivity (Wildman–Crippen MR) is 82.5 cm³/mol. The molecule has 2 heteroatoms. The maximum Gasteiger partial charge on any atom is 0.328 e. The summed E-state index contributed by atoms with van der Waals surface area (Å²) in [6.45, 7) is 4.05. The number of allylic oxidation sites excluding steroid dienone is 1. The van der Waals surface area contributed by atoms with Crippen molar-refractivity contribution in [2.24, 2.45) is 0 Å². The highest BCUT2D eigenvalue weighted by Crippen LogP contribution is 2.26. The Labute approximate surface area is 119 Å². The van der Waals surface area contributed by atoms with Crippen LogP contribution in [0.15, 0.2) is 54.6 Å². The molecule has 0 saturated heterocycles. The standard InChI is InChI=1S/C18H18O2/c1-3-14(12-18(19)20)15-8-10-16(11-9-15)17-7-5-4-6-13(17)2/h4-12H,3H2,1-2H3,(H,19,20)/b14-12+. The fourth-order valence-electron chi connectivity index (χ4n) is 2.30. The Balaban J connectivity index is 2.36. The number of carbonyl (C=O) groups is 1. The third kappa shape index (κ3) is 3.15. The molecule has 0 aromatic heterocycles. The minimum atomic E-state index is -0.898. The molecule has 0 heterocycles. The first-order valence-corrected chi connectivity index (χ1v) is 6.71. The monoisotopic (exact) mass is 266 g/mol. The predicted octanol–water partition coefficient (Wildman–Crippen LogP) is 4.54. The lowest BCUT2D eigenvalue weighted by molar-refractivity contribution is -0.131. The van der Waals surface area contributed by atoms with E-state index in [9.17, 15) is 4.79 Å². The van der Waals surface area contributed by atoms with Gasteiger partial charge in [0.05, 0.1) is 0 Å². The highest BCUT2D eigenvalue weighted by atomic mass is 16.4. The number of carboxylic acids is 1. The number of hydrogen-bond donors (Lipinski definition) is 1. The molecule has 0 radical (unpaired) electrons. The zero-order valence-electron chi connectivity index (χ0n) is 11.8. The first kappa shape index (κ1) is 14.1. The molecule has 0 unspecified atom stereocenters. The fourth-order valence-corrected chi connectivity index (χ4v) is 2.30. The van der Waals surface area contributed by atoms with Gasteiger partial charge in [0.15, 0.2) is 0 Å². The molecule has 0 spiro atoms. The topological polar surface area (TPSA) is 37.3 Å². The van der Waals surface area contributed by atoms with E-state index in [1.165, 1.54) is 17.2 Å². The molecule has 0 aliphatic heterocycles. The minimum Gasteiger partial charge on any atom is -0.478 e. The van der Waals surface area contributed by atoms with Crippen LogP contribution in [0.3, 0.4) is 0 Å². The lowest BCUT2D eigenvalue weighted by Crippen LogP contribution is -1.92. The van der Waals surface area contributed by atoms with Crippen LogP contribution in [0.4, 0.5) is 0 Å². The van der Waals surface area contributed by atoms with Gasteiger partial charge in [-0.15, -0.1) is 0 Å². The second-order valence-electron chi connectivity index (χ2n) is 4.75. The number of benzene rings is 2. The molecule has 0 bridgehead atoms. The molecule has 0 fully saturated rings. The Bertz CT molecular complexity index is 637. The molecule has 0 atom stereocenters. The minimum absolute atomic E-state index is 0.704. The van der Waals surface area contributed by atoms with Crippen LogP contribution in [-0.4, -0.2) is 11.1 Å². The summed E-state index contributed by atoms with van der Waals surface area (Å²) in [6.07, 6.45) is 1.98. The molecule has 0 saturated carbocycles. The summed E-state index contributed by atoms with van der Waals surface area (Å²) in [5, 5.41) is 8.87. The third-order valence-electron chi connectivity index (χ3n) is 3.39. The maximum absolute atomic E-state index is 10.8. The highest BCUT2D eigenvalue weighted by Gasteiger charge is 2.04. The Morgan fingerprint density at radius 3 is 2.30 bits per heavy atom. The van der Waals surface area contributed by atoms with Crippen molar-refractivity contribution in [3.63, 3.8) is 0 Å². The van der Waals surface area contributed by atoms with E-state index in [-0.39, 0.29) is 0 Å². The number of carboxylic acid groups (broad SMARTS) is 1. The van der Waals surface area contributed by atoms with Crippen molar-refractivity contribution in [1.82, 2.24) is 0 Å². The van der Waals surface area contributed by atoms with Gasteiger partial charge in [-0.1, -0.05) is 55.5 Å². The zero-order valence-corrected chi connectivity index (χ0v) is 11.8. The van der Waals surface area contributed by atoms with Gasteiger partial charge in [-0.2, -0.15) is 0 Å². The highest BCUT2D eigenvalue weighted by molar-refractivity contribution is 5.90. The molecular weight excluding hydrogens is 248 g/mol. The Hall–Kier alpha value is -2.35. The van der Waals surface area contributed by atoms with Crippen LogP contribution in [0.25, 0.3) is 16.7 Å². The number of aryl methyl sites for hydroxylation is 1. The molecular formula is C18H18O2. The first-order chi connectivity index (χ1) is 9.61. The summed E-state index contributed by atoms with van der Waals surface area (Å²) < 4.78 is 0. The summed E-state index contributed by atoms with van der Waals surface area (Å²) in [6, 6.07) is 16.3. The van der Waals surface area contributed by atoms with Crippen molar-refractivity contribution in [2.75, 3.05) is 0 Å². The van der Waals surface area contributed by atoms with E-state index in [2.05, 4.69) is 19.1 Å². The summed E-state index contributed by atoms with van der Waals surface area (Å²) in [7, 11) is 0. The molecule has 2 rings (SSSR count). The van der Waals surface area contributed by atoms with Gasteiger partial charge in [0.2, 0.25) is 0 Å². The molecule has 0 aliphatic carbocycles. The lowest BCUT2D eigenvalue weighted by Gasteiger charge is -2.08. The fraction of sp³-hybridized carbons (Fsp3) is 0.167. The van der Waals surface area contributed by atoms with Crippen molar-refractivity contribution >= 4 is 11.5 Å². The van der Waals surface area contributed by atoms with Crippen LogP contribution in [0.2, 0.25) is 0 Å². The van der Waals surface area contributed by atoms with Gasteiger partial charge in [-0.25, -0.2) is 4.79 Å². The number of hydrogen-bond acceptors (Lipinski definition) is 1. The van der Waals surface area contributed by atoms with Crippen LogP contribution in [0, 0.1) is 6.92 Å². The van der Waals surface area contributed by atoms with Crippen LogP contribution >= 0.6 is 0 Å². The van der Waals surface area contributed by atoms with E-state index in [0.29, 0.717) is 6.42 Å². The van der Waals surface area contributed by atoms with Crippen molar-refractivity contribution < 1.29 is 9.90 Å². The summed E-state index contributed by atoms with van der Waals surface area (Å²) in [5.74, 6) is -0.898. The number of rotatable bonds is 4. The zero-order chi connectivity index (χ0) is 14.5. The Kier molecular flexibility index (Phi) is 4.36. The summed E-state index contributed by atoms with van der Waals surface area (Å²) >= 11 is 0. The van der Waals surface area contributed by atoms with E-state index in [4.69, 9.17) is 5.11 Å². The van der Waals surface area contributed by atoms with Gasteiger partial charge < -0.3 is 5.11 Å². The summed E-state index contributed by atoms with van der Waals surface area (Å²) in [4.78, 5) is 10.8. The largest absolute Gasteiger partial charge is 0.478 e. The molecule has 2 nitrogen and oxygen atoms in total. The Morgan fingerprint density at radius 2 is 1.75 bits per heavy atom. The van der Waals surface area contributed by atoms with E-state index >= 15 is 0 Å². The van der Waals surface area contributed by atoms with Crippen LogP contribution in [0.1, 0.15) is 24.5 Å². The Morgan fingerprint density at radius 1 is 1.10 bits per heavy atom. The molecule has 20 heavy (non-hydrogen) atoms. The van der Waals surface area contributed by atoms with Gasteiger partial charge in [0.25, 0.3) is 0 Å². The smallest absolute Gasteiger partial charge is 0.328 e. The van der Waals surface area contributed by atoms with E-state index < -0.39 is 5.97 Å². The molecule has 2 aromatic rings. The second kappa shape index (κ2) is 6.20. The number of aliphatic carboxylic acids is 1. The van der Waals surface area contributed by atoms with Gasteiger partial charge in [-0.05, 0) is 41.2 Å². The lowest BCUT2D eigenvalue weighted by atomic mass is 9.97. The average Bonchev–Trinajstić information content (AvgIpc) is 2.45. The average molecular weight is 266 g/mol. The van der Waals surface area contributed by atoms with Crippen LogP contribution in [-0.2, 0) is 4.79 Å². The van der Waals surface area contributed by atoms with Crippen molar-refractivity contribution in [3.05, 3.63) is 65.7 Å². The van der Waals surface area contributed by atoms with Crippen molar-refractivity contribution in [1.29, 1.82) is 0 Å². The van der Waals surface area contributed by atoms with Gasteiger partial charge >= 0.3 is 5.97 Å². The molecule has 1 N–H and O–H groups in total. The van der Waals surface area contributed by atoms with E-state index in [0.717, 1.165) is 16.7 Å². The van der Waals surface area contributed by atoms with Gasteiger partial charge in [0.1, 0.15) is 0 Å². The van der Waals surface area contributed by atoms with E-state index in [1.54, 1.807) is 0 Å². The van der Waals surface area contributed by atoms with Crippen LogP contribution in [0.5, 0.6) is 0 Å². The summed E-state index contributed by atoms with van der Waals surface area (Å²) in [5.41, 5.74) is 5.40. The van der Waals surface area contributed by atoms with E-state index in [1.807, 2.05) is 43.3 Å². The van der Waals surface area contributed by atoms with Gasteiger partial charge in [0, 0.05) is 6.08 Å². The molecule has 102 valence electrons. The van der Waals surface area contributed by atoms with Crippen molar-refractivity contribution in [2.45, 2.75) is 20.3 Å². The molecule has 0 amide bonds. The quantitative estimate of drug-likeness (QED) is 0.825. The molecule has 2 aromatic carbocycles. The normalized spacial score (nSPS) is 11.4. The third-order valence-corrected chi connectivity index (χ3v) is 3.39. The second-order valence-corrected chi connectivity index (χ2v) is 4.75.